The van der Waals surface area contributed by atoms with Crippen molar-refractivity contribution in [2.75, 3.05) is 22.8 Å². The van der Waals surface area contributed by atoms with Crippen LogP contribution >= 0.6 is 11.8 Å². The van der Waals surface area contributed by atoms with Crippen LogP contribution in [0, 0.1) is 0 Å². The van der Waals surface area contributed by atoms with E-state index in [4.69, 9.17) is 11.8 Å². The smallest absolute Gasteiger partial charge is 0.258 e. The molecule has 0 bridgehead atoms. The van der Waals surface area contributed by atoms with Gasteiger partial charge in [0.05, 0.1) is 17.0 Å². The normalized spacial score (nSPS) is 13.8. The van der Waals surface area contributed by atoms with Crippen LogP contribution in [0.2, 0.25) is 0 Å². The number of hydrogen-bond donors (Lipinski definition) is 1. The van der Waals surface area contributed by atoms with E-state index < -0.39 is 0 Å². The molecule has 0 radical (unpaired) electrons. The first kappa shape index (κ1) is 23.6. The second-order valence-electron chi connectivity index (χ2n) is 8.21. The molecular weight excluding hydrogens is 446 g/mol. The van der Waals surface area contributed by atoms with E-state index in [9.17, 15) is 9.59 Å². The average Bonchev–Trinajstić information content (AvgIpc) is 3.19. The molecule has 0 unspecified atom stereocenters. The maximum Gasteiger partial charge on any atom is 0.258 e. The lowest BCUT2D eigenvalue weighted by atomic mass is 9.98. The minimum Gasteiger partial charge on any atom is -0.339 e. The maximum absolute atomic E-state index is 13.3. The van der Waals surface area contributed by atoms with Crippen molar-refractivity contribution in [3.05, 3.63) is 95.6 Å². The fourth-order valence-corrected chi connectivity index (χ4v) is 4.51. The second kappa shape index (κ2) is 10.6. The van der Waals surface area contributed by atoms with E-state index in [1.54, 1.807) is 12.1 Å². The molecule has 4 rings (SSSR count). The Bertz CT molecular complexity index is 1200. The van der Waals surface area contributed by atoms with Gasteiger partial charge in [-0.1, -0.05) is 62.4 Å². The van der Waals surface area contributed by atoms with Crippen LogP contribution in [0.4, 0.5) is 11.4 Å². The van der Waals surface area contributed by atoms with Gasteiger partial charge in [-0.3, -0.25) is 14.0 Å². The number of anilines is 2. The van der Waals surface area contributed by atoms with Crippen LogP contribution < -0.4 is 9.74 Å². The van der Waals surface area contributed by atoms with Gasteiger partial charge in [-0.15, -0.1) is 0 Å². The predicted octanol–water partition coefficient (Wildman–Crippen LogP) is 6.43. The molecule has 1 aliphatic rings. The minimum absolute atomic E-state index is 0.0303. The van der Waals surface area contributed by atoms with Gasteiger partial charge in [0.2, 0.25) is 0 Å². The zero-order chi connectivity index (χ0) is 24.1. The van der Waals surface area contributed by atoms with E-state index in [1.807, 2.05) is 71.6 Å². The van der Waals surface area contributed by atoms with Crippen molar-refractivity contribution >= 4 is 46.2 Å². The lowest BCUT2D eigenvalue weighted by Gasteiger charge is -2.23. The first-order valence-corrected chi connectivity index (χ1v) is 11.9. The Kier molecular flexibility index (Phi) is 7.33. The van der Waals surface area contributed by atoms with Crippen molar-refractivity contribution in [1.29, 1.82) is 0 Å². The summed E-state index contributed by atoms with van der Waals surface area (Å²) in [5, 5.41) is 2.94. The number of para-hydroxylation sites is 1. The Morgan fingerprint density at radius 2 is 1.47 bits per heavy atom. The third-order valence-electron chi connectivity index (χ3n) is 5.75. The predicted molar refractivity (Wildman–Crippen MR) is 140 cm³/mol. The van der Waals surface area contributed by atoms with Gasteiger partial charge in [-0.2, -0.15) is 0 Å². The number of amides is 2. The number of hydrogen-bond acceptors (Lipinski definition) is 3. The number of halogens is 1. The highest BCUT2D eigenvalue weighted by Gasteiger charge is 2.32. The topological polar surface area (TPSA) is 52.7 Å². The number of carbonyl (C=O) groups is 2. The van der Waals surface area contributed by atoms with Gasteiger partial charge in [-0.05, 0) is 43.2 Å². The molecule has 6 heteroatoms. The van der Waals surface area contributed by atoms with Crippen molar-refractivity contribution in [3.63, 3.8) is 0 Å². The van der Waals surface area contributed by atoms with Crippen LogP contribution in [0.3, 0.4) is 0 Å². The molecule has 2 amide bonds. The summed E-state index contributed by atoms with van der Waals surface area (Å²) in [6.45, 7) is 5.52. The molecule has 0 spiro atoms. The lowest BCUT2D eigenvalue weighted by Crippen LogP contribution is -2.32. The van der Waals surface area contributed by atoms with E-state index in [-0.39, 0.29) is 11.8 Å². The highest BCUT2D eigenvalue weighted by Crippen LogP contribution is 2.41. The second-order valence-corrected chi connectivity index (χ2v) is 8.55. The fourth-order valence-electron chi connectivity index (χ4n) is 4.21. The largest absolute Gasteiger partial charge is 0.339 e. The number of rotatable bonds is 8. The SMILES string of the molecule is CCCN(CCC)C(=O)c1ccc2c(c1)/C(=C(\c1ccccc1)N(Cl)c1ccccc1)C(=O)N2. The quantitative estimate of drug-likeness (QED) is 0.303. The summed E-state index contributed by atoms with van der Waals surface area (Å²) in [4.78, 5) is 28.4. The molecule has 174 valence electrons. The van der Waals surface area contributed by atoms with Crippen molar-refractivity contribution in [1.82, 2.24) is 4.90 Å². The van der Waals surface area contributed by atoms with E-state index in [2.05, 4.69) is 19.2 Å². The molecule has 1 aliphatic heterocycles. The maximum atomic E-state index is 13.3. The zero-order valence-corrected chi connectivity index (χ0v) is 20.2. The summed E-state index contributed by atoms with van der Waals surface area (Å²) in [6, 6.07) is 24.4. The highest BCUT2D eigenvalue weighted by atomic mass is 35.5. The van der Waals surface area contributed by atoms with Gasteiger partial charge in [0.25, 0.3) is 11.8 Å². The van der Waals surface area contributed by atoms with Gasteiger partial charge in [0, 0.05) is 47.2 Å². The molecule has 3 aromatic rings. The molecule has 0 saturated heterocycles. The summed E-state index contributed by atoms with van der Waals surface area (Å²) >= 11 is 6.87. The van der Waals surface area contributed by atoms with E-state index >= 15 is 0 Å². The van der Waals surface area contributed by atoms with Crippen molar-refractivity contribution in [3.8, 4) is 0 Å². The average molecular weight is 474 g/mol. The monoisotopic (exact) mass is 473 g/mol. The van der Waals surface area contributed by atoms with Gasteiger partial charge in [0.15, 0.2) is 0 Å². The molecule has 3 aromatic carbocycles. The van der Waals surface area contributed by atoms with Gasteiger partial charge in [0.1, 0.15) is 0 Å². The van der Waals surface area contributed by atoms with Crippen LogP contribution in [-0.4, -0.2) is 29.8 Å². The van der Waals surface area contributed by atoms with Crippen molar-refractivity contribution < 1.29 is 9.59 Å². The third kappa shape index (κ3) is 4.70. The van der Waals surface area contributed by atoms with Gasteiger partial charge >= 0.3 is 0 Å². The Morgan fingerprint density at radius 1 is 0.853 bits per heavy atom. The molecule has 34 heavy (non-hydrogen) atoms. The number of fused-ring (bicyclic) bond motifs is 1. The molecule has 0 aliphatic carbocycles. The van der Waals surface area contributed by atoms with Crippen LogP contribution in [0.5, 0.6) is 0 Å². The van der Waals surface area contributed by atoms with E-state index in [1.165, 1.54) is 4.42 Å². The molecular formula is C28H28ClN3O2. The summed E-state index contributed by atoms with van der Waals surface area (Å²) in [7, 11) is 0. The first-order chi connectivity index (χ1) is 16.5. The molecule has 5 nitrogen and oxygen atoms in total. The number of nitrogens with zero attached hydrogens (tertiary/aromatic N) is 2. The van der Waals surface area contributed by atoms with E-state index in [0.29, 0.717) is 41.2 Å². The summed E-state index contributed by atoms with van der Waals surface area (Å²) < 4.78 is 1.51. The Hall–Kier alpha value is -3.57. The number of carbonyl (C=O) groups excluding carboxylic acids is 2. The summed E-state index contributed by atoms with van der Waals surface area (Å²) in [5.41, 5.74) is 4.43. The summed E-state index contributed by atoms with van der Waals surface area (Å²) in [6.07, 6.45) is 1.77. The molecule has 1 N–H and O–H groups in total. The Balaban J connectivity index is 1.87. The highest BCUT2D eigenvalue weighted by molar-refractivity contribution is 6.43. The van der Waals surface area contributed by atoms with E-state index in [0.717, 1.165) is 24.1 Å². The number of benzene rings is 3. The fraction of sp³-hybridized carbons (Fsp3) is 0.214. The Morgan fingerprint density at radius 3 is 2.09 bits per heavy atom. The standard InChI is InChI=1S/C28H28ClN3O2/c1-3-17-31(18-4-2)28(34)21-15-16-24-23(19-21)25(27(33)30-24)26(20-11-7-5-8-12-20)32(29)22-13-9-6-10-14-22/h5-16,19H,3-4,17-18H2,1-2H3,(H,30,33)/b26-25-. The number of nitrogens with one attached hydrogen (secondary N) is 1. The van der Waals surface area contributed by atoms with Crippen LogP contribution in [0.25, 0.3) is 11.3 Å². The molecule has 0 fully saturated rings. The minimum atomic E-state index is -0.251. The van der Waals surface area contributed by atoms with Crippen LogP contribution in [0.1, 0.15) is 48.2 Å². The summed E-state index contributed by atoms with van der Waals surface area (Å²) in [5.74, 6) is -0.281. The molecule has 0 saturated carbocycles. The Labute approximate surface area is 205 Å². The molecule has 1 heterocycles. The lowest BCUT2D eigenvalue weighted by molar-refractivity contribution is -0.110. The van der Waals surface area contributed by atoms with Gasteiger partial charge < -0.3 is 10.2 Å². The van der Waals surface area contributed by atoms with Crippen molar-refractivity contribution in [2.24, 2.45) is 0 Å². The molecule has 0 atom stereocenters. The molecule has 0 aromatic heterocycles. The van der Waals surface area contributed by atoms with Gasteiger partial charge in [-0.25, -0.2) is 0 Å². The third-order valence-corrected chi connectivity index (χ3v) is 6.11. The van der Waals surface area contributed by atoms with Crippen LogP contribution in [0.15, 0.2) is 78.9 Å². The first-order valence-electron chi connectivity index (χ1n) is 11.6. The van der Waals surface area contributed by atoms with Crippen LogP contribution in [-0.2, 0) is 4.79 Å². The van der Waals surface area contributed by atoms with Crippen molar-refractivity contribution in [2.45, 2.75) is 26.7 Å². The zero-order valence-electron chi connectivity index (χ0n) is 19.4.